The Hall–Kier alpha value is -1.26. The van der Waals surface area contributed by atoms with Gasteiger partial charge in [-0.25, -0.2) is 0 Å². The van der Waals surface area contributed by atoms with Crippen molar-refractivity contribution in [2.75, 3.05) is 33.8 Å². The second-order valence-electron chi connectivity index (χ2n) is 5.81. The van der Waals surface area contributed by atoms with Crippen LogP contribution in [0.4, 0.5) is 0 Å². The van der Waals surface area contributed by atoms with E-state index >= 15 is 0 Å². The van der Waals surface area contributed by atoms with Gasteiger partial charge in [0, 0.05) is 18.7 Å². The maximum absolute atomic E-state index is 12.6. The first kappa shape index (κ1) is 18.8. The third-order valence-corrected chi connectivity index (χ3v) is 4.36. The summed E-state index contributed by atoms with van der Waals surface area (Å²) in [5, 5.41) is 3.20. The Morgan fingerprint density at radius 2 is 2.05 bits per heavy atom. The van der Waals surface area contributed by atoms with E-state index < -0.39 is 0 Å². The van der Waals surface area contributed by atoms with Gasteiger partial charge < -0.3 is 15.0 Å². The summed E-state index contributed by atoms with van der Waals surface area (Å²) in [7, 11) is 3.63. The number of piperidine rings is 1. The van der Waals surface area contributed by atoms with E-state index in [1.807, 2.05) is 37.1 Å². The Kier molecular flexibility index (Phi) is 7.69. The van der Waals surface area contributed by atoms with Crippen molar-refractivity contribution in [3.8, 4) is 5.75 Å². The number of carbonyl (C=O) groups excluding carboxylic acids is 1. The van der Waals surface area contributed by atoms with Gasteiger partial charge in [0.2, 0.25) is 0 Å². The van der Waals surface area contributed by atoms with Crippen molar-refractivity contribution in [3.63, 3.8) is 0 Å². The van der Waals surface area contributed by atoms with Crippen LogP contribution < -0.4 is 10.1 Å². The Morgan fingerprint density at radius 3 is 2.64 bits per heavy atom. The minimum atomic E-state index is 0. The first-order valence-corrected chi connectivity index (χ1v) is 7.74. The zero-order valence-corrected chi connectivity index (χ0v) is 14.5. The van der Waals surface area contributed by atoms with Crippen LogP contribution in [-0.2, 0) is 0 Å². The van der Waals surface area contributed by atoms with E-state index in [9.17, 15) is 4.79 Å². The van der Waals surface area contributed by atoms with Gasteiger partial charge in [0.25, 0.3) is 5.91 Å². The molecule has 0 saturated carbocycles. The summed E-state index contributed by atoms with van der Waals surface area (Å²) >= 11 is 0. The molecule has 1 aromatic rings. The molecular formula is C17H27ClN2O2. The van der Waals surface area contributed by atoms with Crippen molar-refractivity contribution in [2.45, 2.75) is 26.2 Å². The molecule has 0 atom stereocenters. The van der Waals surface area contributed by atoms with E-state index in [1.165, 1.54) is 6.42 Å². The highest BCUT2D eigenvalue weighted by Gasteiger charge is 2.23. The molecule has 1 amide bonds. The maximum Gasteiger partial charge on any atom is 0.253 e. The molecule has 1 fully saturated rings. The molecule has 0 unspecified atom stereocenters. The molecule has 124 valence electrons. The van der Waals surface area contributed by atoms with E-state index in [0.29, 0.717) is 0 Å². The average molecular weight is 327 g/mol. The van der Waals surface area contributed by atoms with E-state index in [2.05, 4.69) is 5.32 Å². The Labute approximate surface area is 139 Å². The molecule has 5 heteroatoms. The van der Waals surface area contributed by atoms with Crippen LogP contribution >= 0.6 is 12.4 Å². The van der Waals surface area contributed by atoms with Gasteiger partial charge in [-0.15, -0.1) is 12.4 Å². The largest absolute Gasteiger partial charge is 0.496 e. The summed E-state index contributed by atoms with van der Waals surface area (Å²) in [6.45, 7) is 4.78. The van der Waals surface area contributed by atoms with E-state index in [0.717, 1.165) is 55.3 Å². The number of halogens is 1. The molecule has 22 heavy (non-hydrogen) atoms. The number of likely N-dealkylation sites (tertiary alicyclic amines) is 1. The van der Waals surface area contributed by atoms with Crippen molar-refractivity contribution in [2.24, 2.45) is 5.92 Å². The Balaban J connectivity index is 0.00000242. The highest BCUT2D eigenvalue weighted by molar-refractivity contribution is 5.94. The summed E-state index contributed by atoms with van der Waals surface area (Å²) in [6, 6.07) is 5.70. The van der Waals surface area contributed by atoms with Crippen molar-refractivity contribution in [1.82, 2.24) is 10.2 Å². The Morgan fingerprint density at radius 1 is 1.36 bits per heavy atom. The summed E-state index contributed by atoms with van der Waals surface area (Å²) in [6.07, 6.45) is 3.42. The lowest BCUT2D eigenvalue weighted by atomic mass is 9.93. The fraction of sp³-hybridized carbons (Fsp3) is 0.588. The van der Waals surface area contributed by atoms with Crippen LogP contribution in [0.15, 0.2) is 18.2 Å². The lowest BCUT2D eigenvalue weighted by molar-refractivity contribution is 0.0687. The van der Waals surface area contributed by atoms with Crippen LogP contribution in [0, 0.1) is 12.8 Å². The molecule has 1 saturated heterocycles. The molecular weight excluding hydrogens is 300 g/mol. The van der Waals surface area contributed by atoms with Gasteiger partial charge in [0.05, 0.1) is 7.11 Å². The highest BCUT2D eigenvalue weighted by atomic mass is 35.5. The summed E-state index contributed by atoms with van der Waals surface area (Å²) in [4.78, 5) is 14.5. The normalized spacial score (nSPS) is 15.3. The fourth-order valence-electron chi connectivity index (χ4n) is 2.91. The summed E-state index contributed by atoms with van der Waals surface area (Å²) in [5.41, 5.74) is 1.78. The minimum absolute atomic E-state index is 0. The number of carbonyl (C=O) groups is 1. The number of nitrogens with one attached hydrogen (secondary N) is 1. The zero-order chi connectivity index (χ0) is 15.2. The molecule has 1 aromatic carbocycles. The van der Waals surface area contributed by atoms with Crippen LogP contribution in [0.25, 0.3) is 0 Å². The first-order valence-electron chi connectivity index (χ1n) is 7.74. The predicted octanol–water partition coefficient (Wildman–Crippen LogP) is 2.89. The molecule has 4 nitrogen and oxygen atoms in total. The van der Waals surface area contributed by atoms with Gasteiger partial charge in [-0.05, 0) is 63.4 Å². The lowest BCUT2D eigenvalue weighted by Crippen LogP contribution is -2.39. The predicted molar refractivity (Wildman–Crippen MR) is 92.2 cm³/mol. The molecule has 1 heterocycles. The monoisotopic (exact) mass is 326 g/mol. The maximum atomic E-state index is 12.6. The molecule has 0 bridgehead atoms. The number of hydrogen-bond acceptors (Lipinski definition) is 3. The van der Waals surface area contributed by atoms with Crippen molar-refractivity contribution >= 4 is 18.3 Å². The quantitative estimate of drug-likeness (QED) is 0.904. The molecule has 0 aliphatic carbocycles. The van der Waals surface area contributed by atoms with Crippen LogP contribution in [0.1, 0.15) is 35.2 Å². The number of amides is 1. The molecule has 1 aliphatic rings. The summed E-state index contributed by atoms with van der Waals surface area (Å²) < 4.78 is 5.31. The second-order valence-corrected chi connectivity index (χ2v) is 5.81. The number of methoxy groups -OCH3 is 1. The third-order valence-electron chi connectivity index (χ3n) is 4.36. The number of rotatable bonds is 5. The number of ether oxygens (including phenoxy) is 1. The third kappa shape index (κ3) is 4.62. The second kappa shape index (κ2) is 9.01. The zero-order valence-electron chi connectivity index (χ0n) is 13.7. The minimum Gasteiger partial charge on any atom is -0.496 e. The van der Waals surface area contributed by atoms with Gasteiger partial charge in [-0.2, -0.15) is 0 Å². The number of benzene rings is 1. The topological polar surface area (TPSA) is 41.6 Å². The molecule has 0 spiro atoms. The van der Waals surface area contributed by atoms with Crippen molar-refractivity contribution < 1.29 is 9.53 Å². The smallest absolute Gasteiger partial charge is 0.253 e. The van der Waals surface area contributed by atoms with E-state index in [1.54, 1.807) is 7.11 Å². The highest BCUT2D eigenvalue weighted by Crippen LogP contribution is 2.24. The van der Waals surface area contributed by atoms with Gasteiger partial charge >= 0.3 is 0 Å². The number of aryl methyl sites for hydroxylation is 1. The van der Waals surface area contributed by atoms with E-state index in [4.69, 9.17) is 4.74 Å². The van der Waals surface area contributed by atoms with Gasteiger partial charge in [-0.1, -0.05) is 6.07 Å². The first-order chi connectivity index (χ1) is 10.2. The molecule has 1 N–H and O–H groups in total. The van der Waals surface area contributed by atoms with Crippen LogP contribution in [-0.4, -0.2) is 44.6 Å². The molecule has 0 radical (unpaired) electrons. The van der Waals surface area contributed by atoms with E-state index in [-0.39, 0.29) is 18.3 Å². The van der Waals surface area contributed by atoms with Gasteiger partial charge in [0.1, 0.15) is 5.75 Å². The Bertz CT molecular complexity index is 486. The molecule has 0 aromatic heterocycles. The number of nitrogens with zero attached hydrogens (tertiary/aromatic N) is 1. The summed E-state index contributed by atoms with van der Waals surface area (Å²) in [5.74, 6) is 1.65. The lowest BCUT2D eigenvalue weighted by Gasteiger charge is -2.32. The van der Waals surface area contributed by atoms with Crippen LogP contribution in [0.5, 0.6) is 5.75 Å². The SMILES string of the molecule is CNCCC1CCN(C(=O)c2ccc(C)c(OC)c2)CC1.Cl. The van der Waals surface area contributed by atoms with Crippen LogP contribution in [0.3, 0.4) is 0 Å². The van der Waals surface area contributed by atoms with Gasteiger partial charge in [-0.3, -0.25) is 4.79 Å². The molecule has 1 aliphatic heterocycles. The number of hydrogen-bond donors (Lipinski definition) is 1. The fourth-order valence-corrected chi connectivity index (χ4v) is 2.91. The standard InChI is InChI=1S/C17H26N2O2.ClH/c1-13-4-5-15(12-16(13)21-3)17(20)19-10-7-14(8-11-19)6-9-18-2;/h4-5,12,14,18H,6-11H2,1-3H3;1H. The van der Waals surface area contributed by atoms with Gasteiger partial charge in [0.15, 0.2) is 0 Å². The van der Waals surface area contributed by atoms with Crippen LogP contribution in [0.2, 0.25) is 0 Å². The average Bonchev–Trinajstić information content (AvgIpc) is 2.53. The van der Waals surface area contributed by atoms with Crippen molar-refractivity contribution in [1.29, 1.82) is 0 Å². The molecule has 2 rings (SSSR count). The van der Waals surface area contributed by atoms with Crippen molar-refractivity contribution in [3.05, 3.63) is 29.3 Å².